The quantitative estimate of drug-likeness (QED) is 0.267. The van der Waals surface area contributed by atoms with Crippen molar-refractivity contribution < 1.29 is 33.9 Å². The van der Waals surface area contributed by atoms with Gasteiger partial charge in [0.1, 0.15) is 0 Å². The Labute approximate surface area is 165 Å². The van der Waals surface area contributed by atoms with E-state index in [0.29, 0.717) is 13.2 Å². The zero-order valence-corrected chi connectivity index (χ0v) is 18.7. The van der Waals surface area contributed by atoms with E-state index in [4.69, 9.17) is 13.5 Å². The van der Waals surface area contributed by atoms with E-state index in [1.807, 2.05) is 0 Å². The molecule has 0 aliphatic rings. The Morgan fingerprint density at radius 2 is 0.833 bits per heavy atom. The summed E-state index contributed by atoms with van der Waals surface area (Å²) in [6.45, 7) is 16.6. The third-order valence-electron chi connectivity index (χ3n) is 2.73. The summed E-state index contributed by atoms with van der Waals surface area (Å²) in [6.07, 6.45) is 14.0. The van der Waals surface area contributed by atoms with E-state index in [2.05, 4.69) is 41.5 Å². The van der Waals surface area contributed by atoms with E-state index in [-0.39, 0.29) is 0 Å². The summed E-state index contributed by atoms with van der Waals surface area (Å²) in [5.41, 5.74) is 0. The van der Waals surface area contributed by atoms with Gasteiger partial charge in [-0.05, 0) is 12.8 Å². The van der Waals surface area contributed by atoms with Crippen molar-refractivity contribution in [3.8, 4) is 0 Å². The molecular formula is C20H46O3Ti. The second-order valence-electron chi connectivity index (χ2n) is 5.28. The normalized spacial score (nSPS) is 8.25. The molecule has 0 amide bonds. The molecule has 0 atom stereocenters. The van der Waals surface area contributed by atoms with Gasteiger partial charge in [-0.25, -0.2) is 0 Å². The molecule has 0 aliphatic carbocycles. The van der Waals surface area contributed by atoms with Crippen LogP contribution < -0.4 is 0 Å². The second-order valence-corrected chi connectivity index (χ2v) is 5.28. The summed E-state index contributed by atoms with van der Waals surface area (Å²) >= 11 is 0.750. The number of unbranched alkanes of at least 4 members (excludes halogenated alkanes) is 8. The summed E-state index contributed by atoms with van der Waals surface area (Å²) in [5, 5.41) is 16.4. The standard InChI is InChI=1S/2C5H12O.2C5H11.O.Ti/c2*1-2-3-4-5-6;2*1-3-5-4-2;;/h2*6H,2-5H2,1H3;2*1,3-5H2,2H3;;/q;;2*-1;;+2. The summed E-state index contributed by atoms with van der Waals surface area (Å²) in [6, 6.07) is 0. The maximum atomic E-state index is 8.25. The zero-order chi connectivity index (χ0) is 19.9. The monoisotopic (exact) mass is 382 g/mol. The van der Waals surface area contributed by atoms with Gasteiger partial charge in [0.25, 0.3) is 0 Å². The molecule has 0 aromatic rings. The maximum absolute atomic E-state index is 8.25. The van der Waals surface area contributed by atoms with Gasteiger partial charge in [-0.3, -0.25) is 0 Å². The third-order valence-corrected chi connectivity index (χ3v) is 2.73. The number of hydrogen-bond donors (Lipinski definition) is 2. The van der Waals surface area contributed by atoms with Crippen LogP contribution in [0, 0.1) is 13.8 Å². The van der Waals surface area contributed by atoms with E-state index in [9.17, 15) is 0 Å². The summed E-state index contributed by atoms with van der Waals surface area (Å²) < 4.78 is 8.25. The minimum atomic E-state index is 0.355. The van der Waals surface area contributed by atoms with Crippen molar-refractivity contribution in [3.63, 3.8) is 0 Å². The van der Waals surface area contributed by atoms with Gasteiger partial charge < -0.3 is 24.1 Å². The van der Waals surface area contributed by atoms with Gasteiger partial charge in [0.15, 0.2) is 0 Å². The average molecular weight is 382 g/mol. The third kappa shape index (κ3) is 94.7. The molecule has 4 heteroatoms. The Balaban J connectivity index is -0.0000000647. The Bertz CT molecular complexity index is 110. The van der Waals surface area contributed by atoms with E-state index in [1.54, 1.807) is 0 Å². The Morgan fingerprint density at radius 1 is 0.583 bits per heavy atom. The molecule has 0 aromatic carbocycles. The van der Waals surface area contributed by atoms with Crippen LogP contribution in [-0.2, 0) is 23.7 Å². The van der Waals surface area contributed by atoms with Crippen molar-refractivity contribution in [1.29, 1.82) is 0 Å². The molecule has 0 bridgehead atoms. The molecule has 0 aromatic heterocycles. The average Bonchev–Trinajstić information content (AvgIpc) is 2.63. The minimum absolute atomic E-state index is 0.355. The van der Waals surface area contributed by atoms with Crippen molar-refractivity contribution in [3.05, 3.63) is 13.8 Å². The Morgan fingerprint density at radius 3 is 0.875 bits per heavy atom. The van der Waals surface area contributed by atoms with Crippen LogP contribution in [-0.4, -0.2) is 23.4 Å². The molecule has 0 spiro atoms. The molecule has 148 valence electrons. The molecule has 0 aliphatic heterocycles. The SMILES string of the molecule is CCCCCO.CCCCCO.[CH2-]CCCC.[CH2-]CCCC.[O]=[Ti+2]. The van der Waals surface area contributed by atoms with Crippen molar-refractivity contribution in [2.24, 2.45) is 0 Å². The van der Waals surface area contributed by atoms with E-state index < -0.39 is 0 Å². The first-order valence-electron chi connectivity index (χ1n) is 9.67. The predicted octanol–water partition coefficient (Wildman–Crippen LogP) is 6.24. The topological polar surface area (TPSA) is 57.5 Å². The fourth-order valence-electron chi connectivity index (χ4n) is 1.22. The Kier molecular flexibility index (Phi) is 83.8. The summed E-state index contributed by atoms with van der Waals surface area (Å²) in [4.78, 5) is 0. The van der Waals surface area contributed by atoms with Crippen molar-refractivity contribution in [2.45, 2.75) is 105 Å². The number of rotatable bonds is 10. The van der Waals surface area contributed by atoms with E-state index >= 15 is 0 Å². The van der Waals surface area contributed by atoms with Crippen molar-refractivity contribution in [2.75, 3.05) is 13.2 Å². The summed E-state index contributed by atoms with van der Waals surface area (Å²) in [5.74, 6) is 0. The molecule has 0 unspecified atom stereocenters. The van der Waals surface area contributed by atoms with E-state index in [1.165, 1.54) is 38.5 Å². The number of aliphatic hydroxyl groups excluding tert-OH is 2. The Hall–Kier alpha value is 0.434. The van der Waals surface area contributed by atoms with Crippen molar-refractivity contribution >= 4 is 0 Å². The van der Waals surface area contributed by atoms with Crippen LogP contribution in [0.3, 0.4) is 0 Å². The first-order valence-corrected chi connectivity index (χ1v) is 10.3. The van der Waals surface area contributed by atoms with Gasteiger partial charge in [0.2, 0.25) is 0 Å². The van der Waals surface area contributed by atoms with Crippen LogP contribution in [0.4, 0.5) is 0 Å². The van der Waals surface area contributed by atoms with Gasteiger partial charge >= 0.3 is 23.7 Å². The second kappa shape index (κ2) is 56.6. The molecule has 2 N–H and O–H groups in total. The van der Waals surface area contributed by atoms with Crippen molar-refractivity contribution in [1.82, 2.24) is 0 Å². The van der Waals surface area contributed by atoms with Crippen LogP contribution in [0.1, 0.15) is 105 Å². The molecule has 3 nitrogen and oxygen atoms in total. The molecule has 0 radical (unpaired) electrons. The van der Waals surface area contributed by atoms with Gasteiger partial charge in [0.05, 0.1) is 0 Å². The number of aliphatic hydroxyl groups is 2. The van der Waals surface area contributed by atoms with Crippen LogP contribution in [0.5, 0.6) is 0 Å². The van der Waals surface area contributed by atoms with E-state index in [0.717, 1.165) is 58.9 Å². The number of hydrogen-bond acceptors (Lipinski definition) is 3. The fourth-order valence-corrected chi connectivity index (χ4v) is 1.22. The first kappa shape index (κ1) is 35.5. The molecular weight excluding hydrogens is 336 g/mol. The van der Waals surface area contributed by atoms with Crippen LogP contribution in [0.15, 0.2) is 0 Å². The first-order chi connectivity index (χ1) is 11.7. The molecule has 0 saturated heterocycles. The van der Waals surface area contributed by atoms with Gasteiger partial charge in [-0.15, -0.1) is 0 Å². The van der Waals surface area contributed by atoms with Gasteiger partial charge in [-0.1, -0.05) is 79.1 Å². The fraction of sp³-hybridized carbons (Fsp3) is 0.900. The van der Waals surface area contributed by atoms with Gasteiger partial charge in [0, 0.05) is 13.2 Å². The van der Waals surface area contributed by atoms with Crippen LogP contribution in [0.25, 0.3) is 0 Å². The zero-order valence-electron chi connectivity index (χ0n) is 17.1. The molecule has 24 heavy (non-hydrogen) atoms. The predicted molar refractivity (Wildman–Crippen MR) is 104 cm³/mol. The molecule has 0 saturated carbocycles. The summed E-state index contributed by atoms with van der Waals surface area (Å²) in [7, 11) is 0. The van der Waals surface area contributed by atoms with Crippen LogP contribution in [0.2, 0.25) is 0 Å². The van der Waals surface area contributed by atoms with Gasteiger partial charge in [-0.2, -0.15) is 12.8 Å². The molecule has 0 rings (SSSR count). The molecule has 0 fully saturated rings. The molecule has 0 heterocycles. The van der Waals surface area contributed by atoms with Crippen LogP contribution >= 0.6 is 0 Å².